The summed E-state index contributed by atoms with van der Waals surface area (Å²) >= 11 is 0. The zero-order chi connectivity index (χ0) is 14.5. The number of benzene rings is 1. The van der Waals surface area contributed by atoms with Crippen LogP contribution in [0.4, 0.5) is 5.95 Å². The lowest BCUT2D eigenvalue weighted by atomic mass is 10.1. The SMILES string of the molecule is COc1ccc(C(C)Nc2ncc(C)cn2)cc1OC. The Bertz CT molecular complexity index is 570. The van der Waals surface area contributed by atoms with Gasteiger partial charge in [0.1, 0.15) is 0 Å². The summed E-state index contributed by atoms with van der Waals surface area (Å²) in [4.78, 5) is 8.48. The second kappa shape index (κ2) is 6.23. The smallest absolute Gasteiger partial charge is 0.223 e. The monoisotopic (exact) mass is 273 g/mol. The van der Waals surface area contributed by atoms with Crippen LogP contribution < -0.4 is 14.8 Å². The average Bonchev–Trinajstić information content (AvgIpc) is 2.48. The molecule has 0 saturated heterocycles. The van der Waals surface area contributed by atoms with Gasteiger partial charge in [0.15, 0.2) is 11.5 Å². The number of ether oxygens (including phenoxy) is 2. The zero-order valence-electron chi connectivity index (χ0n) is 12.2. The van der Waals surface area contributed by atoms with E-state index in [9.17, 15) is 0 Å². The summed E-state index contributed by atoms with van der Waals surface area (Å²) in [5.74, 6) is 2.04. The minimum Gasteiger partial charge on any atom is -0.493 e. The van der Waals surface area contributed by atoms with Gasteiger partial charge in [0.2, 0.25) is 5.95 Å². The van der Waals surface area contributed by atoms with Crippen LogP contribution in [0.3, 0.4) is 0 Å². The van der Waals surface area contributed by atoms with Gasteiger partial charge in [-0.2, -0.15) is 0 Å². The molecule has 0 fully saturated rings. The van der Waals surface area contributed by atoms with Crippen molar-refractivity contribution in [3.8, 4) is 11.5 Å². The number of aryl methyl sites for hydroxylation is 1. The number of hydrogen-bond donors (Lipinski definition) is 1. The molecule has 0 spiro atoms. The summed E-state index contributed by atoms with van der Waals surface area (Å²) in [5, 5.41) is 3.26. The van der Waals surface area contributed by atoms with Crippen LogP contribution in [0, 0.1) is 6.92 Å². The first-order valence-corrected chi connectivity index (χ1v) is 6.41. The van der Waals surface area contributed by atoms with E-state index in [-0.39, 0.29) is 6.04 Å². The first-order chi connectivity index (χ1) is 9.63. The minimum atomic E-state index is 0.0671. The maximum absolute atomic E-state index is 5.31. The van der Waals surface area contributed by atoms with Gasteiger partial charge in [0.05, 0.1) is 20.3 Å². The third-order valence-electron chi connectivity index (χ3n) is 3.03. The summed E-state index contributed by atoms with van der Waals surface area (Å²) in [6, 6.07) is 5.90. The lowest BCUT2D eigenvalue weighted by Gasteiger charge is -2.16. The van der Waals surface area contributed by atoms with Crippen LogP contribution in [-0.2, 0) is 0 Å². The van der Waals surface area contributed by atoms with Crippen LogP contribution in [0.1, 0.15) is 24.1 Å². The van der Waals surface area contributed by atoms with Crippen molar-refractivity contribution in [2.75, 3.05) is 19.5 Å². The number of nitrogens with zero attached hydrogens (tertiary/aromatic N) is 2. The Labute approximate surface area is 119 Å². The van der Waals surface area contributed by atoms with Gasteiger partial charge >= 0.3 is 0 Å². The summed E-state index contributed by atoms with van der Waals surface area (Å²) in [7, 11) is 3.25. The quantitative estimate of drug-likeness (QED) is 0.907. The first-order valence-electron chi connectivity index (χ1n) is 6.41. The third-order valence-corrected chi connectivity index (χ3v) is 3.03. The van der Waals surface area contributed by atoms with E-state index < -0.39 is 0 Å². The van der Waals surface area contributed by atoms with Gasteiger partial charge in [0, 0.05) is 12.4 Å². The Morgan fingerprint density at radius 1 is 1.05 bits per heavy atom. The number of nitrogens with one attached hydrogen (secondary N) is 1. The van der Waals surface area contributed by atoms with Gasteiger partial charge in [-0.1, -0.05) is 6.07 Å². The van der Waals surface area contributed by atoms with Crippen molar-refractivity contribution in [3.63, 3.8) is 0 Å². The molecule has 5 heteroatoms. The molecule has 106 valence electrons. The van der Waals surface area contributed by atoms with Crippen molar-refractivity contribution < 1.29 is 9.47 Å². The highest BCUT2D eigenvalue weighted by atomic mass is 16.5. The van der Waals surface area contributed by atoms with Gasteiger partial charge in [-0.05, 0) is 37.1 Å². The summed E-state index contributed by atoms with van der Waals surface area (Å²) in [6.45, 7) is 4.01. The summed E-state index contributed by atoms with van der Waals surface area (Å²) < 4.78 is 10.5. The fraction of sp³-hybridized carbons (Fsp3) is 0.333. The number of methoxy groups -OCH3 is 2. The number of aromatic nitrogens is 2. The molecule has 0 saturated carbocycles. The largest absolute Gasteiger partial charge is 0.493 e. The van der Waals surface area contributed by atoms with Gasteiger partial charge in [-0.25, -0.2) is 9.97 Å². The predicted molar refractivity (Wildman–Crippen MR) is 78.4 cm³/mol. The Balaban J connectivity index is 2.16. The van der Waals surface area contributed by atoms with E-state index in [0.717, 1.165) is 16.9 Å². The number of hydrogen-bond acceptors (Lipinski definition) is 5. The van der Waals surface area contributed by atoms with Crippen LogP contribution in [0.2, 0.25) is 0 Å². The second-order valence-corrected chi connectivity index (χ2v) is 4.56. The molecule has 1 heterocycles. The Morgan fingerprint density at radius 2 is 1.70 bits per heavy atom. The Kier molecular flexibility index (Phi) is 4.40. The van der Waals surface area contributed by atoms with E-state index in [1.165, 1.54) is 0 Å². The van der Waals surface area contributed by atoms with Crippen LogP contribution in [-0.4, -0.2) is 24.2 Å². The molecule has 1 aromatic heterocycles. The molecule has 1 unspecified atom stereocenters. The van der Waals surface area contributed by atoms with Crippen molar-refractivity contribution in [1.82, 2.24) is 9.97 Å². The highest BCUT2D eigenvalue weighted by Crippen LogP contribution is 2.30. The maximum Gasteiger partial charge on any atom is 0.223 e. The highest BCUT2D eigenvalue weighted by molar-refractivity contribution is 5.45. The molecule has 20 heavy (non-hydrogen) atoms. The summed E-state index contributed by atoms with van der Waals surface area (Å²) in [6.07, 6.45) is 3.58. The average molecular weight is 273 g/mol. The highest BCUT2D eigenvalue weighted by Gasteiger charge is 2.11. The normalized spacial score (nSPS) is 11.8. The number of anilines is 1. The summed E-state index contributed by atoms with van der Waals surface area (Å²) in [5.41, 5.74) is 2.11. The molecule has 0 aliphatic rings. The van der Waals surface area contributed by atoms with Crippen molar-refractivity contribution in [3.05, 3.63) is 41.7 Å². The molecule has 2 aromatic rings. The molecule has 0 amide bonds. The van der Waals surface area contributed by atoms with E-state index in [1.807, 2.05) is 32.0 Å². The van der Waals surface area contributed by atoms with Gasteiger partial charge in [-0.15, -0.1) is 0 Å². The van der Waals surface area contributed by atoms with Gasteiger partial charge in [0.25, 0.3) is 0 Å². The molecule has 0 aliphatic carbocycles. The Morgan fingerprint density at radius 3 is 2.30 bits per heavy atom. The molecule has 2 rings (SSSR count). The lowest BCUT2D eigenvalue weighted by Crippen LogP contribution is -2.09. The van der Waals surface area contributed by atoms with E-state index in [0.29, 0.717) is 11.7 Å². The maximum atomic E-state index is 5.31. The van der Waals surface area contributed by atoms with Crippen LogP contribution in [0.5, 0.6) is 11.5 Å². The molecule has 1 aromatic carbocycles. The molecule has 1 atom stereocenters. The van der Waals surface area contributed by atoms with Crippen molar-refractivity contribution in [2.45, 2.75) is 19.9 Å². The van der Waals surface area contributed by atoms with Crippen molar-refractivity contribution in [1.29, 1.82) is 0 Å². The number of rotatable bonds is 5. The molecule has 5 nitrogen and oxygen atoms in total. The topological polar surface area (TPSA) is 56.3 Å². The molecule has 0 radical (unpaired) electrons. The molecule has 0 aliphatic heterocycles. The molecular weight excluding hydrogens is 254 g/mol. The third kappa shape index (κ3) is 3.17. The molecule has 0 bridgehead atoms. The standard InChI is InChI=1S/C15H19N3O2/c1-10-8-16-15(17-9-10)18-11(2)12-5-6-13(19-3)14(7-12)20-4/h5-9,11H,1-4H3,(H,16,17,18). The van der Waals surface area contributed by atoms with Crippen LogP contribution in [0.15, 0.2) is 30.6 Å². The molecular formula is C15H19N3O2. The van der Waals surface area contributed by atoms with Crippen LogP contribution >= 0.6 is 0 Å². The van der Waals surface area contributed by atoms with Crippen molar-refractivity contribution in [2.24, 2.45) is 0 Å². The fourth-order valence-electron chi connectivity index (χ4n) is 1.87. The molecule has 1 N–H and O–H groups in total. The van der Waals surface area contributed by atoms with Gasteiger partial charge < -0.3 is 14.8 Å². The van der Waals surface area contributed by atoms with E-state index in [2.05, 4.69) is 15.3 Å². The second-order valence-electron chi connectivity index (χ2n) is 4.56. The van der Waals surface area contributed by atoms with Crippen molar-refractivity contribution >= 4 is 5.95 Å². The zero-order valence-corrected chi connectivity index (χ0v) is 12.2. The first kappa shape index (κ1) is 14.1. The van der Waals surface area contributed by atoms with Crippen LogP contribution in [0.25, 0.3) is 0 Å². The Hall–Kier alpha value is -2.30. The van der Waals surface area contributed by atoms with E-state index in [1.54, 1.807) is 26.6 Å². The van der Waals surface area contributed by atoms with E-state index >= 15 is 0 Å². The van der Waals surface area contributed by atoms with Gasteiger partial charge in [-0.3, -0.25) is 0 Å². The predicted octanol–water partition coefficient (Wildman–Crippen LogP) is 2.98. The lowest BCUT2D eigenvalue weighted by molar-refractivity contribution is 0.354. The van der Waals surface area contributed by atoms with E-state index in [4.69, 9.17) is 9.47 Å². The fourth-order valence-corrected chi connectivity index (χ4v) is 1.87. The minimum absolute atomic E-state index is 0.0671.